The third-order valence-electron chi connectivity index (χ3n) is 29.3. The van der Waals surface area contributed by atoms with Gasteiger partial charge in [-0.25, -0.2) is 76.7 Å². The SMILES string of the molecule is O=C1N2CN3C(=O)N4CN5C(=O)N6CN7C(=O)N8CN9C(=O)N%10CN%11C(=O)N%12CN%13C(=O)N%14CN%15C(=O)N%16CN1C1C2N2CN%17C(=O)N(CN%18C(=O)N(CN%19C(=O)N(CN%20C(=O)N(CN%21C(=O)N(CN%22C(=O)N(CN%23C(=O)N(CN1C2=O)C%16C%15%23)C%141CCCCC%13%221)C%12C%11%21)C%10C9%20)C8C7%19)C61CCCCC5%181)C4C3%17. The number of amides is 32. The van der Waals surface area contributed by atoms with E-state index in [9.17, 15) is 0 Å². The van der Waals surface area contributed by atoms with E-state index in [1.807, 2.05) is 0 Å². The van der Waals surface area contributed by atoms with Crippen molar-refractivity contribution in [2.75, 3.05) is 107 Å². The molecule has 540 valence electrons. The summed E-state index contributed by atoms with van der Waals surface area (Å²) in [6.45, 7) is -8.72. The van der Waals surface area contributed by atoms with Crippen LogP contribution in [-0.4, -0.2) is 457 Å². The van der Waals surface area contributed by atoms with Gasteiger partial charge in [0.15, 0.2) is 96.6 Å². The van der Waals surface area contributed by atoms with E-state index in [0.29, 0.717) is 25.7 Å². The normalized spacial score (nSPS) is 42.3. The van der Waals surface area contributed by atoms with Gasteiger partial charge in [0, 0.05) is 0 Å². The first-order valence-electron chi connectivity index (χ1n) is 35.4. The lowest BCUT2D eigenvalue weighted by atomic mass is 9.77. The molecule has 48 heteroatoms. The Kier molecular flexibility index (Phi) is 8.42. The van der Waals surface area contributed by atoms with E-state index in [2.05, 4.69) is 0 Å². The Bertz CT molecular complexity index is 3780. The van der Waals surface area contributed by atoms with E-state index < -0.39 is 300 Å². The van der Waals surface area contributed by atoms with Gasteiger partial charge in [-0.2, -0.15) is 0 Å². The summed E-state index contributed by atoms with van der Waals surface area (Å²) in [7, 11) is 0. The lowest BCUT2D eigenvalue weighted by Crippen LogP contribution is -2.74. The highest BCUT2D eigenvalue weighted by molar-refractivity contribution is 5.98. The maximum absolute atomic E-state index is 16.3. The van der Waals surface area contributed by atoms with Crippen LogP contribution in [0.2, 0.25) is 0 Å². The molecule has 0 aromatic rings. The van der Waals surface area contributed by atoms with Gasteiger partial charge in [-0.15, -0.1) is 0 Å². The summed E-state index contributed by atoms with van der Waals surface area (Å²) in [6, 6.07) is -11.4. The maximum atomic E-state index is 16.3. The smallest absolute Gasteiger partial charge is 0.282 e. The summed E-state index contributed by atoms with van der Waals surface area (Å²) in [5.41, 5.74) is -6.83. The largest absolute Gasteiger partial charge is 0.326 e. The van der Waals surface area contributed by atoms with Crippen molar-refractivity contribution in [3.05, 3.63) is 0 Å². The highest BCUT2D eigenvalue weighted by atomic mass is 16.3. The minimum Gasteiger partial charge on any atom is -0.282 e. The van der Waals surface area contributed by atoms with Gasteiger partial charge < -0.3 is 0 Å². The first-order valence-corrected chi connectivity index (χ1v) is 35.4. The Balaban J connectivity index is 0.652. The average Bonchev–Trinajstić information content (AvgIpc) is 1.48. The van der Waals surface area contributed by atoms with Crippen LogP contribution in [-0.2, 0) is 0 Å². The van der Waals surface area contributed by atoms with Crippen LogP contribution < -0.4 is 0 Å². The molecule has 2 saturated carbocycles. The molecule has 0 N–H and O–H groups in total. The van der Waals surface area contributed by atoms with Crippen molar-refractivity contribution < 1.29 is 76.7 Å². The number of carbonyl (C=O) groups excluding carboxylic acids is 16. The van der Waals surface area contributed by atoms with Gasteiger partial charge >= 0.3 is 96.5 Å². The molecule has 0 bridgehead atoms. The van der Waals surface area contributed by atoms with Gasteiger partial charge in [0.1, 0.15) is 107 Å². The van der Waals surface area contributed by atoms with Crippen molar-refractivity contribution in [3.63, 3.8) is 0 Å². The fraction of sp³-hybridized carbons (Fsp3) is 0.714. The number of carbonyl (C=O) groups is 16. The number of urea groups is 16. The molecule has 0 aromatic heterocycles. The van der Waals surface area contributed by atoms with Crippen LogP contribution in [0.3, 0.4) is 0 Å². The quantitative estimate of drug-likeness (QED) is 0.219. The average molecular weight is 1440 g/mol. The monoisotopic (exact) mass is 1440 g/mol. The Morgan fingerprint density at radius 3 is 0.346 bits per heavy atom. The molecule has 24 aliphatic heterocycles. The second-order valence-electron chi connectivity index (χ2n) is 32.1. The van der Waals surface area contributed by atoms with Gasteiger partial charge in [0.25, 0.3) is 0 Å². The molecule has 24 saturated heterocycles. The van der Waals surface area contributed by atoms with Gasteiger partial charge in [0.05, 0.1) is 0 Å². The molecule has 48 nitrogen and oxygen atoms in total. The third kappa shape index (κ3) is 4.88. The molecule has 26 aliphatic rings. The van der Waals surface area contributed by atoms with Crippen LogP contribution in [0.4, 0.5) is 76.7 Å². The summed E-state index contributed by atoms with van der Waals surface area (Å²) >= 11 is 0. The number of hydrogen-bond acceptors (Lipinski definition) is 16. The van der Waals surface area contributed by atoms with E-state index in [1.54, 1.807) is 0 Å². The zero-order chi connectivity index (χ0) is 69.6. The Hall–Kier alpha value is -11.7. The van der Waals surface area contributed by atoms with Crippen LogP contribution in [0.25, 0.3) is 0 Å². The predicted octanol–water partition coefficient (Wildman–Crippen LogP) is -4.92. The fourth-order valence-electron chi connectivity index (χ4n) is 25.5. The molecule has 24 heterocycles. The number of nitrogens with zero attached hydrogens (tertiary/aromatic N) is 32. The minimum atomic E-state index is -1.71. The summed E-state index contributed by atoms with van der Waals surface area (Å²) in [5.74, 6) is 0. The Labute approximate surface area is 583 Å². The van der Waals surface area contributed by atoms with Gasteiger partial charge in [0.2, 0.25) is 0 Å². The maximum Gasteiger partial charge on any atom is 0.326 e. The Morgan fingerprint density at radius 1 is 0.144 bits per heavy atom. The van der Waals surface area contributed by atoms with Crippen LogP contribution in [0.1, 0.15) is 51.4 Å². The van der Waals surface area contributed by atoms with Crippen LogP contribution >= 0.6 is 0 Å². The second-order valence-corrected chi connectivity index (χ2v) is 32.1. The third-order valence-corrected chi connectivity index (χ3v) is 29.3. The molecule has 4 spiro atoms. The lowest BCUT2D eigenvalue weighted by Gasteiger charge is -2.55. The first-order chi connectivity index (χ1) is 50.2. The second kappa shape index (κ2) is 15.9. The highest BCUT2D eigenvalue weighted by Gasteiger charge is 2.86. The predicted molar refractivity (Wildman–Crippen MR) is 316 cm³/mol. The van der Waals surface area contributed by atoms with Crippen molar-refractivity contribution >= 4 is 96.5 Å². The van der Waals surface area contributed by atoms with Gasteiger partial charge in [-0.05, 0) is 51.4 Å². The molecule has 26 rings (SSSR count). The lowest BCUT2D eigenvalue weighted by molar-refractivity contribution is -0.144. The van der Waals surface area contributed by atoms with Crippen LogP contribution in [0.5, 0.6) is 0 Å². The fourth-order valence-corrected chi connectivity index (χ4v) is 25.5. The van der Waals surface area contributed by atoms with Crippen LogP contribution in [0, 0.1) is 0 Å². The zero-order valence-corrected chi connectivity index (χ0v) is 54.7. The summed E-state index contributed by atoms with van der Waals surface area (Å²) in [6.07, 6.45) is -13.3. The van der Waals surface area contributed by atoms with E-state index in [4.69, 9.17) is 0 Å². The summed E-state index contributed by atoms with van der Waals surface area (Å²) < 4.78 is 0. The van der Waals surface area contributed by atoms with E-state index in [0.717, 1.165) is 0 Å². The van der Waals surface area contributed by atoms with Crippen molar-refractivity contribution in [2.24, 2.45) is 0 Å². The molecule has 0 aromatic carbocycles. The van der Waals surface area contributed by atoms with Crippen molar-refractivity contribution in [3.8, 4) is 0 Å². The van der Waals surface area contributed by atoms with Crippen molar-refractivity contribution in [1.82, 2.24) is 157 Å². The Morgan fingerprint density at radius 2 is 0.240 bits per heavy atom. The van der Waals surface area contributed by atoms with Crippen molar-refractivity contribution in [1.29, 1.82) is 0 Å². The standard InChI is InChI=1S/C56H60N32O16/c89-37-57-9-65-29-33-73(41(65)93)17-81-49(101)83-19-75-34-30-67(43(75)95)11-59-27-28-63(39(59)91)15-71-32-36-79(47(71)99)23-87-51(103)85-21-77-35-31-69(45(77)97)13-61(37)26-25(57)58-10-66(29)42(94)74(33)18-82-50(102)84(54(83)6-2-1-5-53(54,81)82)20-76(34)44(96)68(30)12-60(27)40(92)64(28)16-72(32)48(100)80(36)24-88-52(104)86(55(85)7-3-4-8-56(55,87)88)22-78(35)46(98)70(31)14-62(26)38(58)90/h25-36H,1-24H2. The first kappa shape index (κ1) is 55.0. The minimum absolute atomic E-state index is 0.100. The zero-order valence-electron chi connectivity index (χ0n) is 54.7. The molecule has 0 radical (unpaired) electrons. The highest BCUT2D eigenvalue weighted by Crippen LogP contribution is 2.65. The number of hydrogen-bond donors (Lipinski definition) is 0. The summed E-state index contributed by atoms with van der Waals surface area (Å²) in [4.78, 5) is 300. The molecule has 32 amide bonds. The molecular formula is C56H60N32O16. The van der Waals surface area contributed by atoms with Crippen molar-refractivity contribution in [2.45, 2.75) is 148 Å². The van der Waals surface area contributed by atoms with Gasteiger partial charge in [-0.3, -0.25) is 157 Å². The molecular weight excluding hydrogens is 1380 g/mol. The van der Waals surface area contributed by atoms with E-state index in [-0.39, 0.29) is 25.7 Å². The molecule has 0 atom stereocenters. The van der Waals surface area contributed by atoms with Crippen LogP contribution in [0.15, 0.2) is 0 Å². The molecule has 0 unspecified atom stereocenters. The topological polar surface area (TPSA) is 377 Å². The molecule has 2 aliphatic carbocycles. The molecule has 104 heavy (non-hydrogen) atoms. The van der Waals surface area contributed by atoms with E-state index in [1.165, 1.54) is 157 Å². The van der Waals surface area contributed by atoms with Gasteiger partial charge in [-0.1, -0.05) is 0 Å². The van der Waals surface area contributed by atoms with E-state index >= 15 is 76.7 Å². The summed E-state index contributed by atoms with van der Waals surface area (Å²) in [5, 5.41) is 0. The molecule has 26 fully saturated rings. The number of rotatable bonds is 0.